The second-order valence-corrected chi connectivity index (χ2v) is 13.3. The molecule has 0 saturated heterocycles. The van der Waals surface area contributed by atoms with E-state index in [1.165, 1.54) is 11.1 Å². The van der Waals surface area contributed by atoms with Crippen molar-refractivity contribution in [2.45, 2.75) is 0 Å². The molecule has 226 valence electrons. The van der Waals surface area contributed by atoms with E-state index in [1.807, 2.05) is 23.4 Å². The normalized spacial score (nSPS) is 11.3. The first-order valence-electron chi connectivity index (χ1n) is 15.7. The Morgan fingerprint density at radius 3 is 1.38 bits per heavy atom. The van der Waals surface area contributed by atoms with Gasteiger partial charge in [-0.3, -0.25) is 9.97 Å². The summed E-state index contributed by atoms with van der Waals surface area (Å²) in [5.74, 6) is 0. The number of hydrogen-bond donors (Lipinski definition) is 0. The molecule has 0 aliphatic rings. The first-order valence-corrected chi connectivity index (χ1v) is 17.4. The van der Waals surface area contributed by atoms with Crippen molar-refractivity contribution in [2.75, 3.05) is 0 Å². The van der Waals surface area contributed by atoms with Crippen LogP contribution in [0.1, 0.15) is 0 Å². The summed E-state index contributed by atoms with van der Waals surface area (Å²) < 4.78 is 0. The lowest BCUT2D eigenvalue weighted by Crippen LogP contribution is -1.95. The molecule has 0 unspecified atom stereocenters. The molecule has 0 fully saturated rings. The molecule has 9 aromatic rings. The van der Waals surface area contributed by atoms with E-state index < -0.39 is 0 Å². The molecule has 0 saturated carbocycles. The fourth-order valence-corrected chi connectivity index (χ4v) is 7.69. The number of rotatable bonds is 6. The molecule has 5 aromatic carbocycles. The number of fused-ring (bicyclic) bond motifs is 2. The standard InChI is InChI=1S/C42H26N4S2/c1-2-8-27(9-3-1)28-16-18-29(19-17-28)30-20-21-33-34(22-30)42(38-15-7-13-36(46-38)40-24-44-26-48-40)32-11-5-4-10-31(32)41(33)37-14-6-12-35(45-37)39-23-43-25-47-39/h1-26H. The molecular formula is C42H26N4S2. The zero-order chi connectivity index (χ0) is 31.9. The maximum atomic E-state index is 5.23. The third-order valence-electron chi connectivity index (χ3n) is 8.73. The Balaban J connectivity index is 1.30. The molecule has 0 spiro atoms. The lowest BCUT2D eigenvalue weighted by Gasteiger charge is -2.18. The van der Waals surface area contributed by atoms with Crippen LogP contribution >= 0.6 is 22.7 Å². The summed E-state index contributed by atoms with van der Waals surface area (Å²) in [5, 5.41) is 4.54. The van der Waals surface area contributed by atoms with E-state index in [0.717, 1.165) is 76.3 Å². The number of nitrogens with zero attached hydrogens (tertiary/aromatic N) is 4. The molecule has 4 nitrogen and oxygen atoms in total. The highest BCUT2D eigenvalue weighted by molar-refractivity contribution is 7.13. The van der Waals surface area contributed by atoms with E-state index in [-0.39, 0.29) is 0 Å². The fourth-order valence-electron chi connectivity index (χ4n) is 6.50. The van der Waals surface area contributed by atoms with Crippen molar-refractivity contribution in [1.29, 1.82) is 0 Å². The highest BCUT2D eigenvalue weighted by Crippen LogP contribution is 2.45. The van der Waals surface area contributed by atoms with Crippen molar-refractivity contribution in [3.05, 3.63) is 157 Å². The molecule has 9 rings (SSSR count). The minimum atomic E-state index is 0.919. The number of pyridine rings is 2. The minimum Gasteiger partial charge on any atom is -0.252 e. The van der Waals surface area contributed by atoms with E-state index in [0.29, 0.717) is 0 Å². The Morgan fingerprint density at radius 2 is 0.812 bits per heavy atom. The first kappa shape index (κ1) is 28.4. The number of benzene rings is 5. The van der Waals surface area contributed by atoms with Crippen LogP contribution in [0.5, 0.6) is 0 Å². The summed E-state index contributed by atoms with van der Waals surface area (Å²) >= 11 is 3.20. The molecule has 0 radical (unpaired) electrons. The van der Waals surface area contributed by atoms with Gasteiger partial charge in [-0.1, -0.05) is 103 Å². The van der Waals surface area contributed by atoms with Gasteiger partial charge in [0.15, 0.2) is 0 Å². The summed E-state index contributed by atoms with van der Waals surface area (Å²) in [6, 6.07) is 47.3. The predicted octanol–water partition coefficient (Wildman–Crippen LogP) is 11.7. The van der Waals surface area contributed by atoms with E-state index in [4.69, 9.17) is 9.97 Å². The van der Waals surface area contributed by atoms with Crippen LogP contribution in [0.4, 0.5) is 0 Å². The van der Waals surface area contributed by atoms with Crippen molar-refractivity contribution in [3.63, 3.8) is 0 Å². The Bertz CT molecular complexity index is 2540. The van der Waals surface area contributed by atoms with Crippen LogP contribution < -0.4 is 0 Å². The molecule has 0 aliphatic carbocycles. The van der Waals surface area contributed by atoms with Gasteiger partial charge in [-0.2, -0.15) is 0 Å². The van der Waals surface area contributed by atoms with Crippen LogP contribution in [-0.2, 0) is 0 Å². The van der Waals surface area contributed by atoms with Gasteiger partial charge in [0.05, 0.1) is 43.6 Å². The van der Waals surface area contributed by atoms with E-state index in [1.54, 1.807) is 22.7 Å². The Morgan fingerprint density at radius 1 is 0.354 bits per heavy atom. The van der Waals surface area contributed by atoms with Gasteiger partial charge in [0.25, 0.3) is 0 Å². The number of thiazole rings is 2. The molecule has 48 heavy (non-hydrogen) atoms. The highest BCUT2D eigenvalue weighted by Gasteiger charge is 2.20. The quantitative estimate of drug-likeness (QED) is 0.168. The maximum Gasteiger partial charge on any atom is 0.0825 e. The summed E-state index contributed by atoms with van der Waals surface area (Å²) in [6.45, 7) is 0. The van der Waals surface area contributed by atoms with Crippen molar-refractivity contribution < 1.29 is 0 Å². The molecule has 0 amide bonds. The van der Waals surface area contributed by atoms with Gasteiger partial charge in [-0.05, 0) is 74.1 Å². The van der Waals surface area contributed by atoms with Gasteiger partial charge in [-0.25, -0.2) is 9.97 Å². The monoisotopic (exact) mass is 650 g/mol. The summed E-state index contributed by atoms with van der Waals surface area (Å²) in [7, 11) is 0. The largest absolute Gasteiger partial charge is 0.252 e. The molecule has 0 bridgehead atoms. The Hall–Kier alpha value is -5.82. The average Bonchev–Trinajstić information content (AvgIpc) is 3.90. The lowest BCUT2D eigenvalue weighted by atomic mass is 9.87. The van der Waals surface area contributed by atoms with Crippen molar-refractivity contribution in [1.82, 2.24) is 19.9 Å². The zero-order valence-electron chi connectivity index (χ0n) is 25.6. The summed E-state index contributed by atoms with van der Waals surface area (Å²) in [4.78, 5) is 21.1. The van der Waals surface area contributed by atoms with Gasteiger partial charge < -0.3 is 0 Å². The predicted molar refractivity (Wildman–Crippen MR) is 201 cm³/mol. The SMILES string of the molecule is c1ccc(-c2ccc(-c3ccc4c(-c5cccc(-c6cncs6)n5)c5ccccc5c(-c5cccc(-c6cncs6)n5)c4c3)cc2)cc1. The van der Waals surface area contributed by atoms with Gasteiger partial charge in [0.2, 0.25) is 0 Å². The van der Waals surface area contributed by atoms with Crippen LogP contribution in [0, 0.1) is 0 Å². The van der Waals surface area contributed by atoms with E-state index in [2.05, 4.69) is 143 Å². The van der Waals surface area contributed by atoms with Gasteiger partial charge in [0.1, 0.15) is 0 Å². The highest BCUT2D eigenvalue weighted by atomic mass is 32.1. The third kappa shape index (κ3) is 5.08. The average molecular weight is 651 g/mol. The topological polar surface area (TPSA) is 51.6 Å². The van der Waals surface area contributed by atoms with Crippen LogP contribution in [-0.4, -0.2) is 19.9 Å². The molecule has 0 atom stereocenters. The molecular weight excluding hydrogens is 625 g/mol. The first-order chi connectivity index (χ1) is 23.8. The minimum absolute atomic E-state index is 0.919. The Kier molecular flexibility index (Phi) is 7.15. The van der Waals surface area contributed by atoms with E-state index in [9.17, 15) is 0 Å². The van der Waals surface area contributed by atoms with Crippen LogP contribution in [0.25, 0.3) is 87.5 Å². The third-order valence-corrected chi connectivity index (χ3v) is 10.3. The van der Waals surface area contributed by atoms with Crippen LogP contribution in [0.15, 0.2) is 157 Å². The maximum absolute atomic E-state index is 5.23. The molecule has 0 aliphatic heterocycles. The van der Waals surface area contributed by atoms with Crippen LogP contribution in [0.3, 0.4) is 0 Å². The molecule has 4 aromatic heterocycles. The zero-order valence-corrected chi connectivity index (χ0v) is 27.2. The summed E-state index contributed by atoms with van der Waals surface area (Å²) in [5.41, 5.74) is 14.3. The molecule has 0 N–H and O–H groups in total. The Labute approximate surface area is 285 Å². The van der Waals surface area contributed by atoms with Crippen molar-refractivity contribution >= 4 is 44.2 Å². The molecule has 4 heterocycles. The van der Waals surface area contributed by atoms with Gasteiger partial charge in [0, 0.05) is 23.5 Å². The second kappa shape index (κ2) is 12.1. The second-order valence-electron chi connectivity index (χ2n) is 11.5. The van der Waals surface area contributed by atoms with Crippen molar-refractivity contribution in [3.8, 4) is 65.9 Å². The summed E-state index contributed by atoms with van der Waals surface area (Å²) in [6.07, 6.45) is 3.77. The number of aromatic nitrogens is 4. The van der Waals surface area contributed by atoms with Crippen LogP contribution in [0.2, 0.25) is 0 Å². The van der Waals surface area contributed by atoms with Gasteiger partial charge >= 0.3 is 0 Å². The smallest absolute Gasteiger partial charge is 0.0825 e. The van der Waals surface area contributed by atoms with E-state index >= 15 is 0 Å². The van der Waals surface area contributed by atoms with Gasteiger partial charge in [-0.15, -0.1) is 22.7 Å². The number of hydrogen-bond acceptors (Lipinski definition) is 6. The van der Waals surface area contributed by atoms with Crippen molar-refractivity contribution in [2.24, 2.45) is 0 Å². The molecule has 6 heteroatoms. The fraction of sp³-hybridized carbons (Fsp3) is 0. The lowest BCUT2D eigenvalue weighted by molar-refractivity contribution is 1.33.